The van der Waals surface area contributed by atoms with Crippen LogP contribution in [0, 0.1) is 0 Å². The second kappa shape index (κ2) is 8.89. The summed E-state index contributed by atoms with van der Waals surface area (Å²) in [5, 5.41) is 4.68. The standard InChI is InChI=1S/C13H16Si.C4H11N/c1-10-8-9-11(2)13(10)14-12-6-4-3-5-7-12;1-3-5-4-2/h3-9,13H,14H2,1-2H3;5H,3-4H2,1-2H3. The van der Waals surface area contributed by atoms with E-state index in [1.54, 1.807) is 16.3 Å². The topological polar surface area (TPSA) is 12.0 Å². The van der Waals surface area contributed by atoms with Gasteiger partial charge in [-0.2, -0.15) is 0 Å². The second-order valence-electron chi connectivity index (χ2n) is 5.02. The molecule has 0 heterocycles. The monoisotopic (exact) mass is 273 g/mol. The summed E-state index contributed by atoms with van der Waals surface area (Å²) in [7, 11) is -0.166. The average Bonchev–Trinajstić information content (AvgIpc) is 2.74. The lowest BCUT2D eigenvalue weighted by molar-refractivity contribution is 0.762. The Bertz CT molecular complexity index is 400. The summed E-state index contributed by atoms with van der Waals surface area (Å²) in [5.41, 5.74) is 3.88. The lowest BCUT2D eigenvalue weighted by Gasteiger charge is -2.13. The molecule has 1 nitrogen and oxygen atoms in total. The van der Waals surface area contributed by atoms with Crippen molar-refractivity contribution in [2.75, 3.05) is 13.1 Å². The van der Waals surface area contributed by atoms with Crippen LogP contribution in [0.3, 0.4) is 0 Å². The number of hydrogen-bond acceptors (Lipinski definition) is 1. The number of allylic oxidation sites excluding steroid dienone is 4. The summed E-state index contributed by atoms with van der Waals surface area (Å²) in [6.07, 6.45) is 4.55. The smallest absolute Gasteiger partial charge is 0.0670 e. The van der Waals surface area contributed by atoms with Crippen LogP contribution in [-0.2, 0) is 0 Å². The normalized spacial score (nSPS) is 15.2. The first-order chi connectivity index (χ1) is 9.19. The zero-order valence-corrected chi connectivity index (χ0v) is 14.2. The third-order valence-electron chi connectivity index (χ3n) is 3.49. The lowest BCUT2D eigenvalue weighted by Crippen LogP contribution is -2.19. The first-order valence-corrected chi connectivity index (χ1v) is 8.81. The van der Waals surface area contributed by atoms with Gasteiger partial charge in [0.2, 0.25) is 0 Å². The highest BCUT2D eigenvalue weighted by Gasteiger charge is 2.17. The first-order valence-electron chi connectivity index (χ1n) is 7.28. The average molecular weight is 273 g/mol. The van der Waals surface area contributed by atoms with E-state index in [2.05, 4.69) is 75.5 Å². The molecular weight excluding hydrogens is 246 g/mol. The van der Waals surface area contributed by atoms with Crippen molar-refractivity contribution in [3.8, 4) is 0 Å². The van der Waals surface area contributed by atoms with Crippen LogP contribution in [0.2, 0.25) is 5.54 Å². The molecular formula is C17H27NSi. The third kappa shape index (κ3) is 5.58. The van der Waals surface area contributed by atoms with E-state index in [0.717, 1.165) is 18.6 Å². The maximum Gasteiger partial charge on any atom is 0.0670 e. The Hall–Kier alpha value is -1.12. The zero-order valence-electron chi connectivity index (χ0n) is 12.7. The van der Waals surface area contributed by atoms with E-state index in [1.165, 1.54) is 0 Å². The van der Waals surface area contributed by atoms with Crippen LogP contribution in [0.25, 0.3) is 0 Å². The van der Waals surface area contributed by atoms with Gasteiger partial charge in [-0.1, -0.05) is 72.7 Å². The van der Waals surface area contributed by atoms with Gasteiger partial charge in [0.05, 0.1) is 9.52 Å². The van der Waals surface area contributed by atoms with E-state index < -0.39 is 0 Å². The maximum atomic E-state index is 3.11. The Morgan fingerprint density at radius 2 is 1.47 bits per heavy atom. The van der Waals surface area contributed by atoms with Crippen LogP contribution in [0.1, 0.15) is 27.7 Å². The van der Waals surface area contributed by atoms with Crippen LogP contribution >= 0.6 is 0 Å². The lowest BCUT2D eigenvalue weighted by atomic mass is 10.2. The first kappa shape index (κ1) is 15.9. The predicted molar refractivity (Wildman–Crippen MR) is 90.1 cm³/mol. The highest BCUT2D eigenvalue weighted by atomic mass is 28.2. The Labute approximate surface area is 120 Å². The molecule has 0 amide bonds. The molecule has 19 heavy (non-hydrogen) atoms. The van der Waals surface area contributed by atoms with Gasteiger partial charge in [0.25, 0.3) is 0 Å². The van der Waals surface area contributed by atoms with Crippen molar-refractivity contribution in [3.05, 3.63) is 53.6 Å². The molecule has 0 unspecified atom stereocenters. The van der Waals surface area contributed by atoms with Crippen molar-refractivity contribution in [2.45, 2.75) is 33.2 Å². The molecule has 2 rings (SSSR count). The Morgan fingerprint density at radius 3 is 1.89 bits per heavy atom. The molecule has 2 heteroatoms. The van der Waals surface area contributed by atoms with Crippen LogP contribution in [0.15, 0.2) is 53.6 Å². The van der Waals surface area contributed by atoms with E-state index in [1.807, 2.05) is 0 Å². The van der Waals surface area contributed by atoms with E-state index >= 15 is 0 Å². The predicted octanol–water partition coefficient (Wildman–Crippen LogP) is 2.79. The molecule has 1 aromatic rings. The molecule has 1 aliphatic rings. The van der Waals surface area contributed by atoms with E-state index in [4.69, 9.17) is 0 Å². The van der Waals surface area contributed by atoms with E-state index in [-0.39, 0.29) is 9.52 Å². The van der Waals surface area contributed by atoms with Gasteiger partial charge in [0.1, 0.15) is 0 Å². The number of hydrogen-bond donors (Lipinski definition) is 1. The van der Waals surface area contributed by atoms with Crippen molar-refractivity contribution >= 4 is 14.7 Å². The molecule has 1 N–H and O–H groups in total. The molecule has 0 aliphatic heterocycles. The van der Waals surface area contributed by atoms with Crippen molar-refractivity contribution in [1.29, 1.82) is 0 Å². The van der Waals surface area contributed by atoms with Crippen LogP contribution in [0.5, 0.6) is 0 Å². The highest BCUT2D eigenvalue weighted by Crippen LogP contribution is 2.30. The minimum absolute atomic E-state index is 0.166. The Morgan fingerprint density at radius 1 is 0.947 bits per heavy atom. The maximum absolute atomic E-state index is 3.11. The van der Waals surface area contributed by atoms with Gasteiger partial charge in [0, 0.05) is 0 Å². The van der Waals surface area contributed by atoms with Gasteiger partial charge < -0.3 is 5.32 Å². The highest BCUT2D eigenvalue weighted by molar-refractivity contribution is 6.56. The fourth-order valence-electron chi connectivity index (χ4n) is 2.28. The summed E-state index contributed by atoms with van der Waals surface area (Å²) in [4.78, 5) is 0. The molecule has 0 saturated carbocycles. The molecule has 0 atom stereocenters. The second-order valence-corrected chi connectivity index (χ2v) is 7.06. The zero-order chi connectivity index (χ0) is 14.1. The molecule has 0 fully saturated rings. The summed E-state index contributed by atoms with van der Waals surface area (Å²) in [6.45, 7) is 10.9. The van der Waals surface area contributed by atoms with Gasteiger partial charge in [-0.05, 0) is 32.5 Å². The largest absolute Gasteiger partial charge is 0.317 e. The summed E-state index contributed by atoms with van der Waals surface area (Å²) >= 11 is 0. The van der Waals surface area contributed by atoms with Crippen LogP contribution in [-0.4, -0.2) is 22.6 Å². The molecule has 1 aliphatic carbocycles. The molecule has 1 aromatic carbocycles. The molecule has 104 valence electrons. The number of benzene rings is 1. The van der Waals surface area contributed by atoms with Gasteiger partial charge in [0.15, 0.2) is 0 Å². The van der Waals surface area contributed by atoms with Crippen molar-refractivity contribution in [1.82, 2.24) is 5.32 Å². The van der Waals surface area contributed by atoms with Gasteiger partial charge in [-0.15, -0.1) is 0 Å². The summed E-state index contributed by atoms with van der Waals surface area (Å²) in [5.74, 6) is 0. The SMILES string of the molecule is CC1=CC=C(C)C1[SiH2]c1ccccc1.CCNCC. The quantitative estimate of drug-likeness (QED) is 0.832. The van der Waals surface area contributed by atoms with Gasteiger partial charge in [-0.25, -0.2) is 0 Å². The number of nitrogens with one attached hydrogen (secondary N) is 1. The van der Waals surface area contributed by atoms with E-state index in [9.17, 15) is 0 Å². The van der Waals surface area contributed by atoms with Crippen molar-refractivity contribution in [2.24, 2.45) is 0 Å². The van der Waals surface area contributed by atoms with Crippen molar-refractivity contribution in [3.63, 3.8) is 0 Å². The Balaban J connectivity index is 0.000000312. The van der Waals surface area contributed by atoms with E-state index in [0.29, 0.717) is 0 Å². The molecule has 0 radical (unpaired) electrons. The minimum Gasteiger partial charge on any atom is -0.317 e. The summed E-state index contributed by atoms with van der Waals surface area (Å²) < 4.78 is 0. The fourth-order valence-corrected chi connectivity index (χ4v) is 4.21. The molecule has 0 bridgehead atoms. The number of rotatable bonds is 4. The van der Waals surface area contributed by atoms with Crippen LogP contribution in [0.4, 0.5) is 0 Å². The minimum atomic E-state index is -0.166. The van der Waals surface area contributed by atoms with Gasteiger partial charge in [-0.3, -0.25) is 0 Å². The fraction of sp³-hybridized carbons (Fsp3) is 0.412. The Kier molecular flexibility index (Phi) is 7.45. The molecule has 0 spiro atoms. The van der Waals surface area contributed by atoms with Crippen LogP contribution < -0.4 is 10.5 Å². The van der Waals surface area contributed by atoms with Gasteiger partial charge >= 0.3 is 0 Å². The van der Waals surface area contributed by atoms with Crippen molar-refractivity contribution < 1.29 is 0 Å². The summed E-state index contributed by atoms with van der Waals surface area (Å²) in [6, 6.07) is 10.9. The molecule has 0 aromatic heterocycles. The molecule has 0 saturated heterocycles. The third-order valence-corrected chi connectivity index (χ3v) is 6.13.